The van der Waals surface area contributed by atoms with E-state index in [1.165, 1.54) is 6.42 Å². The van der Waals surface area contributed by atoms with Crippen LogP contribution >= 0.6 is 15.9 Å². The number of carbonyl (C=O) groups excluding carboxylic acids is 2. The van der Waals surface area contributed by atoms with E-state index < -0.39 is 12.1 Å². The molecule has 2 rings (SSSR count). The third-order valence-electron chi connectivity index (χ3n) is 4.48. The van der Waals surface area contributed by atoms with Gasteiger partial charge in [0.2, 0.25) is 0 Å². The van der Waals surface area contributed by atoms with Crippen LogP contribution in [0.5, 0.6) is 5.75 Å². The van der Waals surface area contributed by atoms with Crippen LogP contribution in [0.1, 0.15) is 49.9 Å². The second-order valence-electron chi connectivity index (χ2n) is 6.27. The topological polar surface area (TPSA) is 64.6 Å². The van der Waals surface area contributed by atoms with Crippen molar-refractivity contribution in [1.29, 1.82) is 0 Å². The van der Waals surface area contributed by atoms with E-state index in [-0.39, 0.29) is 11.9 Å². The van der Waals surface area contributed by atoms with Gasteiger partial charge < -0.3 is 14.8 Å². The third-order valence-corrected chi connectivity index (χ3v) is 5.10. The molecular weight excluding hydrogens is 374 g/mol. The number of hydrogen-bond acceptors (Lipinski definition) is 4. The van der Waals surface area contributed by atoms with Gasteiger partial charge in [0.1, 0.15) is 5.75 Å². The van der Waals surface area contributed by atoms with Gasteiger partial charge in [-0.25, -0.2) is 4.79 Å². The molecule has 0 aromatic heterocycles. The van der Waals surface area contributed by atoms with E-state index in [0.717, 1.165) is 19.3 Å². The van der Waals surface area contributed by atoms with E-state index in [1.807, 2.05) is 0 Å². The number of amides is 1. The summed E-state index contributed by atoms with van der Waals surface area (Å²) in [5.41, 5.74) is 0.369. The monoisotopic (exact) mass is 397 g/mol. The average Bonchev–Trinajstić information content (AvgIpc) is 2.56. The van der Waals surface area contributed by atoms with Gasteiger partial charge in [0, 0.05) is 6.04 Å². The molecule has 1 aliphatic carbocycles. The van der Waals surface area contributed by atoms with E-state index in [1.54, 1.807) is 32.2 Å². The number of methoxy groups -OCH3 is 1. The second kappa shape index (κ2) is 8.51. The minimum Gasteiger partial charge on any atom is -0.496 e. The molecule has 132 valence electrons. The zero-order valence-corrected chi connectivity index (χ0v) is 15.9. The average molecular weight is 398 g/mol. The largest absolute Gasteiger partial charge is 0.496 e. The van der Waals surface area contributed by atoms with Gasteiger partial charge >= 0.3 is 5.97 Å². The Morgan fingerprint density at radius 2 is 2.00 bits per heavy atom. The normalized spacial score (nSPS) is 21.7. The summed E-state index contributed by atoms with van der Waals surface area (Å²) in [4.78, 5) is 24.5. The van der Waals surface area contributed by atoms with Crippen LogP contribution in [0.3, 0.4) is 0 Å². The van der Waals surface area contributed by atoms with E-state index >= 15 is 0 Å². The maximum Gasteiger partial charge on any atom is 0.338 e. The van der Waals surface area contributed by atoms with Gasteiger partial charge in [-0.2, -0.15) is 0 Å². The van der Waals surface area contributed by atoms with Crippen molar-refractivity contribution >= 4 is 27.8 Å². The smallest absolute Gasteiger partial charge is 0.338 e. The molecule has 1 aromatic carbocycles. The zero-order valence-electron chi connectivity index (χ0n) is 14.3. The van der Waals surface area contributed by atoms with Gasteiger partial charge in [0.15, 0.2) is 6.10 Å². The maximum absolute atomic E-state index is 12.3. The van der Waals surface area contributed by atoms with Crippen LogP contribution in [-0.4, -0.2) is 31.1 Å². The summed E-state index contributed by atoms with van der Waals surface area (Å²) in [6.45, 7) is 3.74. The predicted molar refractivity (Wildman–Crippen MR) is 95.1 cm³/mol. The van der Waals surface area contributed by atoms with Crippen molar-refractivity contribution < 1.29 is 19.1 Å². The molecule has 0 radical (unpaired) electrons. The Bertz CT molecular complexity index is 605. The lowest BCUT2D eigenvalue weighted by Crippen LogP contribution is -2.45. The Hall–Kier alpha value is -1.56. The molecule has 1 N–H and O–H groups in total. The van der Waals surface area contributed by atoms with Crippen LogP contribution in [0.2, 0.25) is 0 Å². The lowest BCUT2D eigenvalue weighted by atomic mass is 9.86. The molecule has 3 atom stereocenters. The van der Waals surface area contributed by atoms with Crippen molar-refractivity contribution in [2.45, 2.75) is 51.7 Å². The summed E-state index contributed by atoms with van der Waals surface area (Å²) >= 11 is 3.33. The van der Waals surface area contributed by atoms with Gasteiger partial charge in [-0.05, 0) is 59.8 Å². The van der Waals surface area contributed by atoms with Crippen LogP contribution in [0.4, 0.5) is 0 Å². The molecule has 0 spiro atoms. The Morgan fingerprint density at radius 1 is 1.29 bits per heavy atom. The van der Waals surface area contributed by atoms with Crippen molar-refractivity contribution in [3.63, 3.8) is 0 Å². The fourth-order valence-electron chi connectivity index (χ4n) is 2.91. The number of ether oxygens (including phenoxy) is 2. The van der Waals surface area contributed by atoms with Crippen molar-refractivity contribution in [2.75, 3.05) is 7.11 Å². The number of carbonyl (C=O) groups is 2. The Kier molecular flexibility index (Phi) is 6.66. The first-order chi connectivity index (χ1) is 11.4. The highest BCUT2D eigenvalue weighted by molar-refractivity contribution is 9.10. The van der Waals surface area contributed by atoms with Crippen LogP contribution in [0, 0.1) is 5.92 Å². The summed E-state index contributed by atoms with van der Waals surface area (Å²) in [5.74, 6) is 0.319. The van der Waals surface area contributed by atoms with E-state index in [9.17, 15) is 9.59 Å². The molecule has 6 heteroatoms. The SMILES string of the molecule is COc1ccc(C(=O)O[C@H](C)C(=O)N[C@H]2CCCC[C@@H]2C)cc1Br. The molecule has 0 heterocycles. The van der Waals surface area contributed by atoms with Crippen molar-refractivity contribution in [2.24, 2.45) is 5.92 Å². The minimum absolute atomic E-state index is 0.169. The standard InChI is InChI=1S/C18H24BrNO4/c1-11-6-4-5-7-15(11)20-17(21)12(2)24-18(22)13-8-9-16(23-3)14(19)10-13/h8-12,15H,4-7H2,1-3H3,(H,20,21)/t11-,12+,15-/m0/s1. The van der Waals surface area contributed by atoms with Crippen LogP contribution in [0.15, 0.2) is 22.7 Å². The Balaban J connectivity index is 1.92. The molecule has 1 amide bonds. The number of hydrogen-bond donors (Lipinski definition) is 1. The molecule has 24 heavy (non-hydrogen) atoms. The van der Waals surface area contributed by atoms with E-state index in [0.29, 0.717) is 21.7 Å². The molecule has 0 bridgehead atoms. The van der Waals surface area contributed by atoms with Gasteiger partial charge in [0.05, 0.1) is 17.1 Å². The van der Waals surface area contributed by atoms with Crippen LogP contribution in [-0.2, 0) is 9.53 Å². The first kappa shape index (κ1) is 18.8. The summed E-state index contributed by atoms with van der Waals surface area (Å²) < 4.78 is 11.1. The molecular formula is C18H24BrNO4. The van der Waals surface area contributed by atoms with Gasteiger partial charge in [-0.15, -0.1) is 0 Å². The first-order valence-electron chi connectivity index (χ1n) is 8.27. The highest BCUT2D eigenvalue weighted by Gasteiger charge is 2.26. The highest BCUT2D eigenvalue weighted by Crippen LogP contribution is 2.26. The number of halogens is 1. The molecule has 1 aromatic rings. The summed E-state index contributed by atoms with van der Waals surface area (Å²) in [7, 11) is 1.55. The predicted octanol–water partition coefficient (Wildman–Crippen LogP) is 3.70. The summed E-state index contributed by atoms with van der Waals surface area (Å²) in [6, 6.07) is 5.08. The number of esters is 1. The fraction of sp³-hybridized carbons (Fsp3) is 0.556. The third kappa shape index (κ3) is 4.72. The van der Waals surface area contributed by atoms with Gasteiger partial charge in [-0.3, -0.25) is 4.79 Å². The molecule has 5 nitrogen and oxygen atoms in total. The second-order valence-corrected chi connectivity index (χ2v) is 7.13. The van der Waals surface area contributed by atoms with Crippen LogP contribution in [0.25, 0.3) is 0 Å². The van der Waals surface area contributed by atoms with Crippen LogP contribution < -0.4 is 10.1 Å². The highest BCUT2D eigenvalue weighted by atomic mass is 79.9. The maximum atomic E-state index is 12.3. The number of rotatable bonds is 5. The Morgan fingerprint density at radius 3 is 2.62 bits per heavy atom. The van der Waals surface area contributed by atoms with Gasteiger partial charge in [-0.1, -0.05) is 19.8 Å². The number of nitrogens with one attached hydrogen (secondary N) is 1. The van der Waals surface area contributed by atoms with Crippen molar-refractivity contribution in [3.05, 3.63) is 28.2 Å². The zero-order chi connectivity index (χ0) is 17.7. The quantitative estimate of drug-likeness (QED) is 0.769. The first-order valence-corrected chi connectivity index (χ1v) is 9.06. The lowest BCUT2D eigenvalue weighted by Gasteiger charge is -2.30. The molecule has 1 saturated carbocycles. The van der Waals surface area contributed by atoms with E-state index in [2.05, 4.69) is 28.2 Å². The summed E-state index contributed by atoms with van der Waals surface area (Å²) in [6.07, 6.45) is 3.62. The molecule has 0 saturated heterocycles. The van der Waals surface area contributed by atoms with Gasteiger partial charge in [0.25, 0.3) is 5.91 Å². The fourth-order valence-corrected chi connectivity index (χ4v) is 3.45. The molecule has 1 aliphatic rings. The molecule has 0 aliphatic heterocycles. The molecule has 0 unspecified atom stereocenters. The minimum atomic E-state index is -0.826. The van der Waals surface area contributed by atoms with E-state index in [4.69, 9.17) is 9.47 Å². The number of benzene rings is 1. The van der Waals surface area contributed by atoms with Crippen molar-refractivity contribution in [3.8, 4) is 5.75 Å². The molecule has 1 fully saturated rings. The summed E-state index contributed by atoms with van der Waals surface area (Å²) in [5, 5.41) is 3.01. The van der Waals surface area contributed by atoms with Crippen molar-refractivity contribution in [1.82, 2.24) is 5.32 Å². The lowest BCUT2D eigenvalue weighted by molar-refractivity contribution is -0.130. The Labute approximate surface area is 151 Å².